The third-order valence-corrected chi connectivity index (χ3v) is 3.19. The summed E-state index contributed by atoms with van der Waals surface area (Å²) in [7, 11) is 0. The van der Waals surface area contributed by atoms with Crippen LogP contribution in [0, 0.1) is 0 Å². The lowest BCUT2D eigenvalue weighted by Crippen LogP contribution is -2.13. The van der Waals surface area contributed by atoms with Crippen LogP contribution in [0.5, 0.6) is 0 Å². The smallest absolute Gasteiger partial charge is 0.171 e. The molecule has 94 valence electrons. The van der Waals surface area contributed by atoms with Crippen LogP contribution in [0.15, 0.2) is 30.3 Å². The minimum Gasteiger partial charge on any atom is -0.370 e. The number of hydrogen-bond acceptors (Lipinski definition) is 4. The first-order valence-electron chi connectivity index (χ1n) is 6.19. The zero-order chi connectivity index (χ0) is 12.4. The Hall–Kier alpha value is -1.72. The fourth-order valence-electron chi connectivity index (χ4n) is 2.17. The number of aromatic amines is 1. The van der Waals surface area contributed by atoms with Crippen LogP contribution in [0.4, 0.5) is 0 Å². The molecule has 3 rings (SSSR count). The van der Waals surface area contributed by atoms with Gasteiger partial charge >= 0.3 is 0 Å². The van der Waals surface area contributed by atoms with Gasteiger partial charge in [0.05, 0.1) is 6.04 Å². The maximum absolute atomic E-state index is 6.14. The standard InChI is InChI=1S/C13H16N4O/c14-11(9-5-2-1-3-6-9)13-15-12(16-17-13)10-7-4-8-18-10/h1-3,5-6,10-11H,4,7-8,14H2,(H,15,16,17). The number of H-pyrrole nitrogens is 1. The van der Waals surface area contributed by atoms with Crippen LogP contribution >= 0.6 is 0 Å². The maximum Gasteiger partial charge on any atom is 0.171 e. The van der Waals surface area contributed by atoms with Crippen molar-refractivity contribution in [2.75, 3.05) is 6.61 Å². The van der Waals surface area contributed by atoms with Crippen LogP contribution in [0.2, 0.25) is 0 Å². The molecule has 1 aliphatic rings. The van der Waals surface area contributed by atoms with Crippen molar-refractivity contribution in [3.8, 4) is 0 Å². The Morgan fingerprint density at radius 3 is 2.89 bits per heavy atom. The third-order valence-electron chi connectivity index (χ3n) is 3.19. The molecule has 0 bridgehead atoms. The predicted octanol–water partition coefficient (Wildman–Crippen LogP) is 1.70. The van der Waals surface area contributed by atoms with Gasteiger partial charge in [0.1, 0.15) is 6.10 Å². The van der Waals surface area contributed by atoms with E-state index < -0.39 is 0 Å². The molecule has 18 heavy (non-hydrogen) atoms. The number of nitrogens with zero attached hydrogens (tertiary/aromatic N) is 2. The molecule has 2 atom stereocenters. The average Bonchev–Trinajstić information content (AvgIpc) is 3.09. The van der Waals surface area contributed by atoms with Gasteiger partial charge in [0.25, 0.3) is 0 Å². The Kier molecular flexibility index (Phi) is 3.08. The first kappa shape index (κ1) is 11.4. The van der Waals surface area contributed by atoms with E-state index in [1.165, 1.54) is 0 Å². The summed E-state index contributed by atoms with van der Waals surface area (Å²) < 4.78 is 5.56. The van der Waals surface area contributed by atoms with E-state index in [2.05, 4.69) is 15.2 Å². The Morgan fingerprint density at radius 1 is 1.33 bits per heavy atom. The zero-order valence-electron chi connectivity index (χ0n) is 10.0. The summed E-state index contributed by atoms with van der Waals surface area (Å²) in [6, 6.07) is 9.55. The van der Waals surface area contributed by atoms with Gasteiger partial charge in [-0.2, -0.15) is 5.10 Å². The molecule has 0 radical (unpaired) electrons. The topological polar surface area (TPSA) is 76.8 Å². The molecule has 0 amide bonds. The van der Waals surface area contributed by atoms with Gasteiger partial charge in [-0.3, -0.25) is 5.10 Å². The quantitative estimate of drug-likeness (QED) is 0.861. The van der Waals surface area contributed by atoms with Gasteiger partial charge in [-0.15, -0.1) is 0 Å². The lowest BCUT2D eigenvalue weighted by Gasteiger charge is -2.07. The highest BCUT2D eigenvalue weighted by molar-refractivity contribution is 5.23. The van der Waals surface area contributed by atoms with Crippen LogP contribution in [-0.4, -0.2) is 21.8 Å². The van der Waals surface area contributed by atoms with E-state index in [1.807, 2.05) is 30.3 Å². The molecular weight excluding hydrogens is 228 g/mol. The lowest BCUT2D eigenvalue weighted by molar-refractivity contribution is 0.105. The summed E-state index contributed by atoms with van der Waals surface area (Å²) in [5, 5.41) is 7.13. The Labute approximate surface area is 105 Å². The minimum absolute atomic E-state index is 0.0502. The highest BCUT2D eigenvalue weighted by Gasteiger charge is 2.23. The van der Waals surface area contributed by atoms with E-state index in [9.17, 15) is 0 Å². The molecular formula is C13H16N4O. The number of nitrogens with two attached hydrogens (primary N) is 1. The normalized spacial score (nSPS) is 21.1. The van der Waals surface area contributed by atoms with E-state index in [1.54, 1.807) is 0 Å². The number of nitrogens with one attached hydrogen (secondary N) is 1. The van der Waals surface area contributed by atoms with Crippen molar-refractivity contribution in [1.29, 1.82) is 0 Å². The molecule has 2 unspecified atom stereocenters. The summed E-state index contributed by atoms with van der Waals surface area (Å²) in [6.45, 7) is 0.797. The second-order valence-corrected chi connectivity index (χ2v) is 4.47. The van der Waals surface area contributed by atoms with Crippen molar-refractivity contribution < 1.29 is 4.74 Å². The Morgan fingerprint density at radius 2 is 2.17 bits per heavy atom. The molecule has 1 aliphatic heterocycles. The Balaban J connectivity index is 1.80. The summed E-state index contributed by atoms with van der Waals surface area (Å²) in [5.41, 5.74) is 7.15. The Bertz CT molecular complexity index is 505. The van der Waals surface area contributed by atoms with Gasteiger partial charge in [0, 0.05) is 6.61 Å². The number of ether oxygens (including phenoxy) is 1. The van der Waals surface area contributed by atoms with Crippen LogP contribution in [0.1, 0.15) is 42.2 Å². The van der Waals surface area contributed by atoms with Crippen LogP contribution in [0.25, 0.3) is 0 Å². The van der Waals surface area contributed by atoms with Gasteiger partial charge < -0.3 is 10.5 Å². The van der Waals surface area contributed by atoms with Crippen molar-refractivity contribution in [2.24, 2.45) is 5.73 Å². The fraction of sp³-hybridized carbons (Fsp3) is 0.385. The van der Waals surface area contributed by atoms with Gasteiger partial charge in [-0.1, -0.05) is 30.3 Å². The van der Waals surface area contributed by atoms with Crippen LogP contribution in [-0.2, 0) is 4.74 Å². The maximum atomic E-state index is 6.14. The monoisotopic (exact) mass is 244 g/mol. The van der Waals surface area contributed by atoms with Crippen molar-refractivity contribution in [3.63, 3.8) is 0 Å². The highest BCUT2D eigenvalue weighted by atomic mass is 16.5. The summed E-state index contributed by atoms with van der Waals surface area (Å²) >= 11 is 0. The molecule has 0 saturated carbocycles. The molecule has 3 N–H and O–H groups in total. The van der Waals surface area contributed by atoms with Gasteiger partial charge in [-0.25, -0.2) is 4.98 Å². The number of benzene rings is 1. The molecule has 1 aromatic carbocycles. The van der Waals surface area contributed by atoms with Gasteiger partial charge in [-0.05, 0) is 18.4 Å². The van der Waals surface area contributed by atoms with Crippen LogP contribution < -0.4 is 5.73 Å². The van der Waals surface area contributed by atoms with Crippen molar-refractivity contribution in [1.82, 2.24) is 15.2 Å². The number of aromatic nitrogens is 3. The molecule has 1 saturated heterocycles. The zero-order valence-corrected chi connectivity index (χ0v) is 10.0. The van der Waals surface area contributed by atoms with Crippen molar-refractivity contribution in [3.05, 3.63) is 47.5 Å². The van der Waals surface area contributed by atoms with Crippen LogP contribution in [0.3, 0.4) is 0 Å². The van der Waals surface area contributed by atoms with E-state index >= 15 is 0 Å². The molecule has 1 fully saturated rings. The van der Waals surface area contributed by atoms with Crippen molar-refractivity contribution >= 4 is 0 Å². The first-order chi connectivity index (χ1) is 8.84. The van der Waals surface area contributed by atoms with Gasteiger partial charge in [0.2, 0.25) is 0 Å². The third kappa shape index (κ3) is 2.14. The molecule has 0 spiro atoms. The van der Waals surface area contributed by atoms with E-state index in [4.69, 9.17) is 10.5 Å². The summed E-state index contributed by atoms with van der Waals surface area (Å²) in [5.74, 6) is 1.40. The van der Waals surface area contributed by atoms with E-state index in [-0.39, 0.29) is 12.1 Å². The van der Waals surface area contributed by atoms with Crippen molar-refractivity contribution in [2.45, 2.75) is 25.0 Å². The second kappa shape index (κ2) is 4.88. The number of hydrogen-bond donors (Lipinski definition) is 2. The molecule has 2 aromatic rings. The molecule has 0 aliphatic carbocycles. The highest BCUT2D eigenvalue weighted by Crippen LogP contribution is 2.26. The molecule has 5 nitrogen and oxygen atoms in total. The average molecular weight is 244 g/mol. The first-order valence-corrected chi connectivity index (χ1v) is 6.19. The summed E-state index contributed by atoms with van der Waals surface area (Å²) in [4.78, 5) is 4.45. The lowest BCUT2D eigenvalue weighted by atomic mass is 10.1. The predicted molar refractivity (Wildman–Crippen MR) is 66.8 cm³/mol. The SMILES string of the molecule is NC(c1ccccc1)c1n[nH]c(C2CCCO2)n1. The number of rotatable bonds is 3. The summed E-state index contributed by atoms with van der Waals surface area (Å²) in [6.07, 6.45) is 2.12. The van der Waals surface area contributed by atoms with Gasteiger partial charge in [0.15, 0.2) is 11.6 Å². The molecule has 1 aromatic heterocycles. The molecule has 2 heterocycles. The largest absolute Gasteiger partial charge is 0.370 e. The fourth-order valence-corrected chi connectivity index (χ4v) is 2.17. The van der Waals surface area contributed by atoms with E-state index in [0.29, 0.717) is 5.82 Å². The molecule has 5 heteroatoms. The second-order valence-electron chi connectivity index (χ2n) is 4.47. The van der Waals surface area contributed by atoms with E-state index in [0.717, 1.165) is 30.8 Å². The minimum atomic E-state index is -0.294.